The Hall–Kier alpha value is -0.0800. The second-order valence-electron chi connectivity index (χ2n) is 3.69. The molecule has 10 heavy (non-hydrogen) atoms. The molecule has 1 aliphatic carbocycles. The van der Waals surface area contributed by atoms with Crippen LogP contribution in [0.1, 0.15) is 25.7 Å². The van der Waals surface area contributed by atoms with Crippen molar-refractivity contribution in [3.63, 3.8) is 0 Å². The van der Waals surface area contributed by atoms with E-state index in [2.05, 4.69) is 5.32 Å². The van der Waals surface area contributed by atoms with Gasteiger partial charge in [-0.25, -0.2) is 0 Å². The molecule has 0 unspecified atom stereocenters. The van der Waals surface area contributed by atoms with Gasteiger partial charge in [0.15, 0.2) is 0 Å². The van der Waals surface area contributed by atoms with E-state index < -0.39 is 0 Å². The number of β-amino-alcohol motifs (C(OH)–C–C–N with tert-alkyl or cyclic N) is 1. The van der Waals surface area contributed by atoms with Crippen LogP contribution >= 0.6 is 0 Å². The normalized spacial score (nSPS) is 32.1. The monoisotopic (exact) mass is 141 g/mol. The zero-order valence-electron chi connectivity index (χ0n) is 6.27. The van der Waals surface area contributed by atoms with E-state index in [1.54, 1.807) is 0 Å². The van der Waals surface area contributed by atoms with Crippen molar-refractivity contribution in [2.75, 3.05) is 13.1 Å². The van der Waals surface area contributed by atoms with Crippen LogP contribution in [0.15, 0.2) is 0 Å². The summed E-state index contributed by atoms with van der Waals surface area (Å²) in [5.41, 5.74) is -0.309. The molecule has 0 radical (unpaired) electrons. The molecule has 2 heteroatoms. The third-order valence-corrected chi connectivity index (χ3v) is 2.98. The van der Waals surface area contributed by atoms with Crippen molar-refractivity contribution in [3.8, 4) is 0 Å². The standard InChI is InChI=1S/C8H15NO/c10-8(5-9-6-8)7-3-1-2-4-7/h7,9-10H,1-6H2. The van der Waals surface area contributed by atoms with Gasteiger partial charge >= 0.3 is 0 Å². The van der Waals surface area contributed by atoms with Crippen LogP contribution in [-0.2, 0) is 0 Å². The zero-order valence-corrected chi connectivity index (χ0v) is 6.27. The predicted molar refractivity (Wildman–Crippen MR) is 39.8 cm³/mol. The molecule has 2 aliphatic rings. The van der Waals surface area contributed by atoms with E-state index >= 15 is 0 Å². The Morgan fingerprint density at radius 1 is 1.20 bits per heavy atom. The van der Waals surface area contributed by atoms with Crippen LogP contribution in [0.2, 0.25) is 0 Å². The van der Waals surface area contributed by atoms with E-state index in [0.717, 1.165) is 13.1 Å². The Bertz CT molecular complexity index is 125. The fourth-order valence-electron chi connectivity index (χ4n) is 2.13. The molecule has 2 rings (SSSR count). The lowest BCUT2D eigenvalue weighted by Crippen LogP contribution is -2.63. The minimum atomic E-state index is -0.309. The molecule has 2 nitrogen and oxygen atoms in total. The number of rotatable bonds is 1. The maximum absolute atomic E-state index is 9.85. The van der Waals surface area contributed by atoms with Gasteiger partial charge in [0.2, 0.25) is 0 Å². The van der Waals surface area contributed by atoms with Crippen LogP contribution in [-0.4, -0.2) is 23.8 Å². The fourth-order valence-corrected chi connectivity index (χ4v) is 2.13. The summed E-state index contributed by atoms with van der Waals surface area (Å²) < 4.78 is 0. The highest BCUT2D eigenvalue weighted by Gasteiger charge is 2.42. The van der Waals surface area contributed by atoms with Gasteiger partial charge < -0.3 is 10.4 Å². The second kappa shape index (κ2) is 2.21. The Labute approximate surface area is 61.6 Å². The Kier molecular flexibility index (Phi) is 1.46. The summed E-state index contributed by atoms with van der Waals surface area (Å²) in [5, 5.41) is 13.0. The first-order chi connectivity index (χ1) is 4.81. The van der Waals surface area contributed by atoms with Crippen LogP contribution in [0.4, 0.5) is 0 Å². The average molecular weight is 141 g/mol. The van der Waals surface area contributed by atoms with Crippen molar-refractivity contribution in [1.29, 1.82) is 0 Å². The number of aliphatic hydroxyl groups is 1. The van der Waals surface area contributed by atoms with Crippen molar-refractivity contribution < 1.29 is 5.11 Å². The number of hydrogen-bond acceptors (Lipinski definition) is 2. The molecule has 0 spiro atoms. The van der Waals surface area contributed by atoms with Crippen molar-refractivity contribution in [1.82, 2.24) is 5.32 Å². The topological polar surface area (TPSA) is 32.3 Å². The average Bonchev–Trinajstić information content (AvgIpc) is 2.33. The molecule has 1 saturated heterocycles. The maximum atomic E-state index is 9.85. The smallest absolute Gasteiger partial charge is 0.0923 e. The van der Waals surface area contributed by atoms with Crippen LogP contribution in [0.5, 0.6) is 0 Å². The summed E-state index contributed by atoms with van der Waals surface area (Å²) >= 11 is 0. The second-order valence-corrected chi connectivity index (χ2v) is 3.69. The van der Waals surface area contributed by atoms with Crippen molar-refractivity contribution >= 4 is 0 Å². The fraction of sp³-hybridized carbons (Fsp3) is 1.00. The first-order valence-electron chi connectivity index (χ1n) is 4.24. The summed E-state index contributed by atoms with van der Waals surface area (Å²) in [6, 6.07) is 0. The SMILES string of the molecule is OC1(C2CCCC2)CNC1. The maximum Gasteiger partial charge on any atom is 0.0923 e. The molecular weight excluding hydrogens is 126 g/mol. The van der Waals surface area contributed by atoms with Crippen LogP contribution in [0.25, 0.3) is 0 Å². The van der Waals surface area contributed by atoms with Crippen molar-refractivity contribution in [3.05, 3.63) is 0 Å². The summed E-state index contributed by atoms with van der Waals surface area (Å²) in [5.74, 6) is 0.605. The Morgan fingerprint density at radius 3 is 2.20 bits per heavy atom. The molecule has 1 aliphatic heterocycles. The first-order valence-corrected chi connectivity index (χ1v) is 4.24. The Morgan fingerprint density at radius 2 is 1.80 bits per heavy atom. The lowest BCUT2D eigenvalue weighted by Gasteiger charge is -2.42. The predicted octanol–water partition coefficient (Wildman–Crippen LogP) is 0.511. The summed E-state index contributed by atoms with van der Waals surface area (Å²) in [6.45, 7) is 1.66. The minimum Gasteiger partial charge on any atom is -0.387 e. The van der Waals surface area contributed by atoms with E-state index in [-0.39, 0.29) is 5.60 Å². The molecule has 0 aromatic carbocycles. The van der Waals surface area contributed by atoms with Crippen LogP contribution in [0, 0.1) is 5.92 Å². The van der Waals surface area contributed by atoms with Gasteiger partial charge in [0.1, 0.15) is 0 Å². The molecule has 2 fully saturated rings. The van der Waals surface area contributed by atoms with Gasteiger partial charge in [-0.3, -0.25) is 0 Å². The molecule has 0 amide bonds. The zero-order chi connectivity index (χ0) is 7.03. The minimum absolute atomic E-state index is 0.309. The van der Waals surface area contributed by atoms with Gasteiger partial charge in [0.25, 0.3) is 0 Å². The molecule has 0 aromatic rings. The third-order valence-electron chi connectivity index (χ3n) is 2.98. The quantitative estimate of drug-likeness (QED) is 0.557. The summed E-state index contributed by atoms with van der Waals surface area (Å²) in [4.78, 5) is 0. The number of nitrogens with one attached hydrogen (secondary N) is 1. The van der Waals surface area contributed by atoms with Gasteiger partial charge in [-0.15, -0.1) is 0 Å². The van der Waals surface area contributed by atoms with Gasteiger partial charge in [0, 0.05) is 13.1 Å². The number of hydrogen-bond donors (Lipinski definition) is 2. The van der Waals surface area contributed by atoms with E-state index in [0.29, 0.717) is 5.92 Å². The molecule has 0 aromatic heterocycles. The van der Waals surface area contributed by atoms with Crippen molar-refractivity contribution in [2.45, 2.75) is 31.3 Å². The highest BCUT2D eigenvalue weighted by molar-refractivity contribution is 4.99. The Balaban J connectivity index is 1.96. The third kappa shape index (κ3) is 0.867. The highest BCUT2D eigenvalue weighted by Crippen LogP contribution is 2.35. The molecule has 1 saturated carbocycles. The molecule has 58 valence electrons. The lowest BCUT2D eigenvalue weighted by atomic mass is 9.81. The largest absolute Gasteiger partial charge is 0.387 e. The van der Waals surface area contributed by atoms with E-state index in [9.17, 15) is 5.11 Å². The highest BCUT2D eigenvalue weighted by atomic mass is 16.3. The van der Waals surface area contributed by atoms with Crippen LogP contribution in [0.3, 0.4) is 0 Å². The van der Waals surface area contributed by atoms with Gasteiger partial charge in [-0.2, -0.15) is 0 Å². The molecule has 0 atom stereocenters. The van der Waals surface area contributed by atoms with Gasteiger partial charge in [-0.05, 0) is 18.8 Å². The molecule has 2 N–H and O–H groups in total. The summed E-state index contributed by atoms with van der Waals surface area (Å²) in [7, 11) is 0. The van der Waals surface area contributed by atoms with E-state index in [4.69, 9.17) is 0 Å². The summed E-state index contributed by atoms with van der Waals surface area (Å²) in [6.07, 6.45) is 5.15. The molecular formula is C8H15NO. The first kappa shape index (κ1) is 6.62. The molecule has 1 heterocycles. The molecule has 0 bridgehead atoms. The lowest BCUT2D eigenvalue weighted by molar-refractivity contribution is -0.0593. The van der Waals surface area contributed by atoms with E-state index in [1.807, 2.05) is 0 Å². The van der Waals surface area contributed by atoms with E-state index in [1.165, 1.54) is 25.7 Å². The van der Waals surface area contributed by atoms with Gasteiger partial charge in [0.05, 0.1) is 5.60 Å². The van der Waals surface area contributed by atoms with Crippen molar-refractivity contribution in [2.24, 2.45) is 5.92 Å². The van der Waals surface area contributed by atoms with Crippen LogP contribution < -0.4 is 5.32 Å². The van der Waals surface area contributed by atoms with Gasteiger partial charge in [-0.1, -0.05) is 12.8 Å².